The molecule has 0 aliphatic heterocycles. The molecule has 6 rings (SSSR count). The van der Waals surface area contributed by atoms with E-state index in [1.165, 1.54) is 48.5 Å². The van der Waals surface area contributed by atoms with E-state index in [4.69, 9.17) is 20.0 Å². The Kier molecular flexibility index (Phi) is 14.0. The highest BCUT2D eigenvalue weighted by Gasteiger charge is 2.15. The molecular formula is C49H38F4N2O4. The number of hydrogen-bond donors (Lipinski definition) is 0. The summed E-state index contributed by atoms with van der Waals surface area (Å²) in [6.07, 6.45) is 9.36. The fourth-order valence-electron chi connectivity index (χ4n) is 6.62. The summed E-state index contributed by atoms with van der Waals surface area (Å²) in [5, 5.41) is 17.8. The molecule has 0 amide bonds. The molecule has 0 aliphatic rings. The quantitative estimate of drug-likeness (QED) is 0.0419. The van der Waals surface area contributed by atoms with Gasteiger partial charge < -0.3 is 9.47 Å². The molecule has 6 aromatic rings. The number of benzene rings is 6. The molecule has 0 heterocycles. The highest BCUT2D eigenvalue weighted by molar-refractivity contribution is 5.91. The van der Waals surface area contributed by atoms with Gasteiger partial charge in [0.25, 0.3) is 0 Å². The van der Waals surface area contributed by atoms with E-state index in [0.29, 0.717) is 11.1 Å². The van der Waals surface area contributed by atoms with Crippen LogP contribution >= 0.6 is 0 Å². The number of carbonyl (C=O) groups excluding carboxylic acids is 2. The van der Waals surface area contributed by atoms with Crippen molar-refractivity contribution in [3.8, 4) is 45.9 Å². The lowest BCUT2D eigenvalue weighted by Gasteiger charge is -2.09. The van der Waals surface area contributed by atoms with E-state index in [9.17, 15) is 27.2 Å². The van der Waals surface area contributed by atoms with Crippen molar-refractivity contribution in [1.29, 1.82) is 10.5 Å². The van der Waals surface area contributed by atoms with Crippen LogP contribution in [0.5, 0.6) is 11.5 Å². The minimum atomic E-state index is -0.744. The summed E-state index contributed by atoms with van der Waals surface area (Å²) in [6.45, 7) is 0. The maximum Gasteiger partial charge on any atom is 0.343 e. The Morgan fingerprint density at radius 2 is 0.814 bits per heavy atom. The van der Waals surface area contributed by atoms with Crippen LogP contribution in [-0.2, 0) is 12.8 Å². The Bertz CT molecular complexity index is 2360. The Morgan fingerprint density at radius 1 is 0.441 bits per heavy atom. The number of unbranched alkanes of at least 4 members (excludes halogenated alkanes) is 6. The van der Waals surface area contributed by atoms with E-state index in [0.717, 1.165) is 93.2 Å². The van der Waals surface area contributed by atoms with E-state index in [-0.39, 0.29) is 44.9 Å². The summed E-state index contributed by atoms with van der Waals surface area (Å²) in [6, 6.07) is 33.2. The third-order valence-corrected chi connectivity index (χ3v) is 9.91. The number of nitrogens with zero attached hydrogens (tertiary/aromatic N) is 2. The second kappa shape index (κ2) is 19.9. The lowest BCUT2D eigenvalue weighted by atomic mass is 10.0. The molecule has 296 valence electrons. The van der Waals surface area contributed by atoms with Crippen molar-refractivity contribution in [2.45, 2.75) is 57.8 Å². The second-order valence-electron chi connectivity index (χ2n) is 14.0. The van der Waals surface area contributed by atoms with Crippen LogP contribution in [0.15, 0.2) is 121 Å². The van der Waals surface area contributed by atoms with Crippen LogP contribution in [0.2, 0.25) is 0 Å². The van der Waals surface area contributed by atoms with Gasteiger partial charge in [-0.2, -0.15) is 10.5 Å². The fourth-order valence-corrected chi connectivity index (χ4v) is 6.62. The Labute approximate surface area is 339 Å². The molecule has 0 aliphatic carbocycles. The van der Waals surface area contributed by atoms with Gasteiger partial charge in [0.1, 0.15) is 46.9 Å². The van der Waals surface area contributed by atoms with Gasteiger partial charge in [-0.05, 0) is 121 Å². The monoisotopic (exact) mass is 794 g/mol. The average molecular weight is 795 g/mol. The molecule has 0 radical (unpaired) electrons. The molecule has 0 N–H and O–H groups in total. The summed E-state index contributed by atoms with van der Waals surface area (Å²) in [5.41, 5.74) is 3.38. The topological polar surface area (TPSA) is 100 Å². The molecule has 59 heavy (non-hydrogen) atoms. The van der Waals surface area contributed by atoms with Gasteiger partial charge in [-0.1, -0.05) is 68.5 Å². The van der Waals surface area contributed by atoms with Gasteiger partial charge in [-0.25, -0.2) is 27.2 Å². The third kappa shape index (κ3) is 11.1. The summed E-state index contributed by atoms with van der Waals surface area (Å²) >= 11 is 0. The maximum atomic E-state index is 14.8. The van der Waals surface area contributed by atoms with Crippen molar-refractivity contribution in [1.82, 2.24) is 0 Å². The Balaban J connectivity index is 0.842. The Morgan fingerprint density at radius 3 is 1.15 bits per heavy atom. The van der Waals surface area contributed by atoms with Gasteiger partial charge in [0.05, 0.1) is 22.3 Å². The van der Waals surface area contributed by atoms with Crippen LogP contribution in [0, 0.1) is 45.9 Å². The fraction of sp³-hybridized carbons (Fsp3) is 0.184. The molecule has 0 spiro atoms. The van der Waals surface area contributed by atoms with Gasteiger partial charge in [0.2, 0.25) is 0 Å². The first-order valence-electron chi connectivity index (χ1n) is 19.2. The van der Waals surface area contributed by atoms with Crippen molar-refractivity contribution >= 4 is 11.9 Å². The van der Waals surface area contributed by atoms with Crippen molar-refractivity contribution in [2.75, 3.05) is 0 Å². The van der Waals surface area contributed by atoms with E-state index in [2.05, 4.69) is 0 Å². The average Bonchev–Trinajstić information content (AvgIpc) is 3.23. The lowest BCUT2D eigenvalue weighted by molar-refractivity contribution is 0.0724. The zero-order valence-electron chi connectivity index (χ0n) is 32.0. The first kappa shape index (κ1) is 41.6. The van der Waals surface area contributed by atoms with Crippen LogP contribution in [0.1, 0.15) is 87.9 Å². The van der Waals surface area contributed by atoms with Gasteiger partial charge >= 0.3 is 11.9 Å². The molecule has 0 atom stereocenters. The number of nitriles is 2. The number of hydrogen-bond acceptors (Lipinski definition) is 6. The summed E-state index contributed by atoms with van der Waals surface area (Å²) in [5.74, 6) is -4.06. The smallest absolute Gasteiger partial charge is 0.343 e. The lowest BCUT2D eigenvalue weighted by Crippen LogP contribution is -2.08. The van der Waals surface area contributed by atoms with Gasteiger partial charge in [0.15, 0.2) is 0 Å². The van der Waals surface area contributed by atoms with Crippen molar-refractivity contribution in [2.24, 2.45) is 0 Å². The number of aryl methyl sites for hydroxylation is 2. The summed E-state index contributed by atoms with van der Waals surface area (Å²) in [7, 11) is 0. The molecule has 0 unspecified atom stereocenters. The maximum absolute atomic E-state index is 14.8. The highest BCUT2D eigenvalue weighted by Crippen LogP contribution is 2.30. The zero-order valence-corrected chi connectivity index (χ0v) is 32.0. The van der Waals surface area contributed by atoms with E-state index >= 15 is 0 Å². The van der Waals surface area contributed by atoms with E-state index in [1.807, 2.05) is 24.3 Å². The summed E-state index contributed by atoms with van der Waals surface area (Å²) < 4.78 is 68.4. The van der Waals surface area contributed by atoms with Crippen LogP contribution in [-0.4, -0.2) is 11.9 Å². The first-order chi connectivity index (χ1) is 28.6. The summed E-state index contributed by atoms with van der Waals surface area (Å²) in [4.78, 5) is 25.4. The predicted molar refractivity (Wildman–Crippen MR) is 216 cm³/mol. The largest absolute Gasteiger partial charge is 0.423 e. The van der Waals surface area contributed by atoms with Crippen LogP contribution < -0.4 is 9.47 Å². The Hall–Kier alpha value is -7.04. The first-order valence-corrected chi connectivity index (χ1v) is 19.2. The van der Waals surface area contributed by atoms with Crippen molar-refractivity contribution < 1.29 is 36.6 Å². The predicted octanol–water partition coefficient (Wildman–Crippen LogP) is 12.3. The number of rotatable bonds is 16. The molecule has 0 saturated heterocycles. The minimum absolute atomic E-state index is 0.0213. The molecule has 0 aromatic heterocycles. The molecule has 0 fully saturated rings. The SMILES string of the molecule is N#Cc1ccc(-c2ccc(OC(=O)c3ccc(CCCCCCCCCc4ccc(C(=O)Oc5ccc(-c6ccc(C#N)c(F)c6)c(F)c5)cc4)cc3)cc2F)cc1F. The molecule has 0 bridgehead atoms. The van der Waals surface area contributed by atoms with Crippen molar-refractivity contribution in [3.05, 3.63) is 178 Å². The van der Waals surface area contributed by atoms with Crippen molar-refractivity contribution in [3.63, 3.8) is 0 Å². The normalized spacial score (nSPS) is 10.7. The van der Waals surface area contributed by atoms with Crippen LogP contribution in [0.25, 0.3) is 22.3 Å². The van der Waals surface area contributed by atoms with Gasteiger partial charge in [-0.15, -0.1) is 0 Å². The van der Waals surface area contributed by atoms with E-state index < -0.39 is 35.2 Å². The van der Waals surface area contributed by atoms with Gasteiger partial charge in [0, 0.05) is 23.3 Å². The molecule has 6 aromatic carbocycles. The number of esters is 2. The van der Waals surface area contributed by atoms with Crippen LogP contribution in [0.3, 0.4) is 0 Å². The third-order valence-electron chi connectivity index (χ3n) is 9.91. The molecular weight excluding hydrogens is 757 g/mol. The number of halogens is 4. The van der Waals surface area contributed by atoms with E-state index in [1.54, 1.807) is 36.4 Å². The number of ether oxygens (including phenoxy) is 2. The minimum Gasteiger partial charge on any atom is -0.423 e. The standard InChI is InChI=1S/C49H38F4N2O4/c50-44-26-36(18-20-38(44)30-54)42-24-22-40(28-46(42)52)58-48(56)34-14-10-32(11-15-34)8-6-4-2-1-3-5-7-9-33-12-16-35(17-13-33)49(57)59-41-23-25-43(47(53)29-41)37-19-21-39(31-55)45(51)27-37/h10-29H,1-9H2. The molecule has 10 heteroatoms. The number of carbonyl (C=O) groups is 2. The van der Waals surface area contributed by atoms with Gasteiger partial charge in [-0.3, -0.25) is 0 Å². The molecule has 6 nitrogen and oxygen atoms in total. The van der Waals surface area contributed by atoms with Crippen LogP contribution in [0.4, 0.5) is 17.6 Å². The second-order valence-corrected chi connectivity index (χ2v) is 14.0. The highest BCUT2D eigenvalue weighted by atomic mass is 19.1. The molecule has 0 saturated carbocycles. The zero-order chi connectivity index (χ0) is 41.7.